The fraction of sp³-hybridized carbons (Fsp3) is 0.250. The maximum absolute atomic E-state index is 13.0. The first kappa shape index (κ1) is 19.8. The Labute approximate surface area is 176 Å². The van der Waals surface area contributed by atoms with E-state index in [1.54, 1.807) is 42.5 Å². The molecule has 1 aliphatic rings. The number of likely N-dealkylation sites (tertiary alicyclic amines) is 1. The molecule has 6 heteroatoms. The molecule has 3 aromatic rings. The van der Waals surface area contributed by atoms with Crippen LogP contribution in [0.5, 0.6) is 0 Å². The van der Waals surface area contributed by atoms with Crippen molar-refractivity contribution in [3.8, 4) is 11.1 Å². The Kier molecular flexibility index (Phi) is 5.57. The number of carbonyl (C=O) groups is 2. The molecule has 0 aliphatic carbocycles. The SMILES string of the molecule is CNC(=O)[C@]1(Cc2ccccc2-c2cccnc2)CCN(C(=O)c2ccccn2)C1. The fourth-order valence-corrected chi connectivity index (χ4v) is 4.21. The Hall–Kier alpha value is -3.54. The summed E-state index contributed by atoms with van der Waals surface area (Å²) < 4.78 is 0. The first-order valence-electron chi connectivity index (χ1n) is 10.0. The van der Waals surface area contributed by atoms with Crippen molar-refractivity contribution in [1.29, 1.82) is 0 Å². The number of nitrogens with zero attached hydrogens (tertiary/aromatic N) is 3. The van der Waals surface area contributed by atoms with Crippen LogP contribution in [0.4, 0.5) is 0 Å². The van der Waals surface area contributed by atoms with Crippen LogP contribution in [-0.4, -0.2) is 46.8 Å². The quantitative estimate of drug-likeness (QED) is 0.715. The van der Waals surface area contributed by atoms with Crippen LogP contribution in [0.3, 0.4) is 0 Å². The van der Waals surface area contributed by atoms with Crippen molar-refractivity contribution in [2.45, 2.75) is 12.8 Å². The van der Waals surface area contributed by atoms with E-state index in [9.17, 15) is 9.59 Å². The third-order valence-corrected chi connectivity index (χ3v) is 5.75. The summed E-state index contributed by atoms with van der Waals surface area (Å²) in [6.07, 6.45) is 6.34. The summed E-state index contributed by atoms with van der Waals surface area (Å²) >= 11 is 0. The van der Waals surface area contributed by atoms with E-state index in [1.165, 1.54) is 0 Å². The summed E-state index contributed by atoms with van der Waals surface area (Å²) in [4.78, 5) is 36.1. The van der Waals surface area contributed by atoms with Crippen LogP contribution in [-0.2, 0) is 11.2 Å². The molecule has 0 unspecified atom stereocenters. The van der Waals surface area contributed by atoms with Crippen molar-refractivity contribution in [2.24, 2.45) is 5.41 Å². The minimum atomic E-state index is -0.683. The Morgan fingerprint density at radius 3 is 2.63 bits per heavy atom. The number of benzene rings is 1. The van der Waals surface area contributed by atoms with Crippen molar-refractivity contribution in [1.82, 2.24) is 20.2 Å². The van der Waals surface area contributed by atoms with Crippen LogP contribution in [0.1, 0.15) is 22.5 Å². The van der Waals surface area contributed by atoms with Gasteiger partial charge in [-0.25, -0.2) is 0 Å². The fourth-order valence-electron chi connectivity index (χ4n) is 4.21. The van der Waals surface area contributed by atoms with Crippen LogP contribution in [0.25, 0.3) is 11.1 Å². The maximum Gasteiger partial charge on any atom is 0.272 e. The lowest BCUT2D eigenvalue weighted by Gasteiger charge is -2.28. The van der Waals surface area contributed by atoms with Crippen molar-refractivity contribution in [3.63, 3.8) is 0 Å². The van der Waals surface area contributed by atoms with Gasteiger partial charge in [0.2, 0.25) is 5.91 Å². The summed E-state index contributed by atoms with van der Waals surface area (Å²) in [7, 11) is 1.65. The molecule has 1 aliphatic heterocycles. The molecule has 2 aromatic heterocycles. The number of amides is 2. The summed E-state index contributed by atoms with van der Waals surface area (Å²) in [6.45, 7) is 0.890. The van der Waals surface area contributed by atoms with Crippen LogP contribution < -0.4 is 5.32 Å². The van der Waals surface area contributed by atoms with Gasteiger partial charge in [-0.3, -0.25) is 19.6 Å². The summed E-state index contributed by atoms with van der Waals surface area (Å²) in [5, 5.41) is 2.82. The number of aromatic nitrogens is 2. The molecule has 6 nitrogen and oxygen atoms in total. The van der Waals surface area contributed by atoms with Crippen LogP contribution in [0, 0.1) is 5.41 Å². The number of hydrogen-bond acceptors (Lipinski definition) is 4. The number of nitrogens with one attached hydrogen (secondary N) is 1. The largest absolute Gasteiger partial charge is 0.359 e. The molecule has 1 aromatic carbocycles. The predicted molar refractivity (Wildman–Crippen MR) is 115 cm³/mol. The average molecular weight is 400 g/mol. The number of carbonyl (C=O) groups excluding carboxylic acids is 2. The smallest absolute Gasteiger partial charge is 0.272 e. The van der Waals surface area contributed by atoms with Crippen LogP contribution in [0.2, 0.25) is 0 Å². The molecule has 1 fully saturated rings. The number of rotatable bonds is 5. The van der Waals surface area contributed by atoms with E-state index in [0.29, 0.717) is 31.6 Å². The van der Waals surface area contributed by atoms with E-state index in [1.807, 2.05) is 30.5 Å². The number of hydrogen-bond donors (Lipinski definition) is 1. The second kappa shape index (κ2) is 8.45. The summed E-state index contributed by atoms with van der Waals surface area (Å²) in [5.74, 6) is -0.179. The third kappa shape index (κ3) is 3.81. The second-order valence-corrected chi connectivity index (χ2v) is 7.63. The molecular weight excluding hydrogens is 376 g/mol. The zero-order valence-corrected chi connectivity index (χ0v) is 16.9. The van der Waals surface area contributed by atoms with Crippen molar-refractivity contribution >= 4 is 11.8 Å². The van der Waals surface area contributed by atoms with E-state index >= 15 is 0 Å². The van der Waals surface area contributed by atoms with E-state index < -0.39 is 5.41 Å². The van der Waals surface area contributed by atoms with Gasteiger partial charge in [-0.1, -0.05) is 36.4 Å². The van der Waals surface area contributed by atoms with Crippen molar-refractivity contribution in [3.05, 3.63) is 84.4 Å². The highest BCUT2D eigenvalue weighted by Gasteiger charge is 2.46. The lowest BCUT2D eigenvalue weighted by Crippen LogP contribution is -2.44. The van der Waals surface area contributed by atoms with Gasteiger partial charge < -0.3 is 10.2 Å². The Morgan fingerprint density at radius 1 is 1.07 bits per heavy atom. The summed E-state index contributed by atoms with van der Waals surface area (Å²) in [5.41, 5.74) is 2.86. The van der Waals surface area contributed by atoms with Gasteiger partial charge in [0.25, 0.3) is 5.91 Å². The Bertz CT molecular complexity index is 1040. The molecular formula is C24H24N4O2. The van der Waals surface area contributed by atoms with Gasteiger partial charge in [0.05, 0.1) is 5.41 Å². The molecule has 2 amide bonds. The molecule has 3 heterocycles. The Balaban J connectivity index is 1.64. The molecule has 1 N–H and O–H groups in total. The highest BCUT2D eigenvalue weighted by Crippen LogP contribution is 2.37. The van der Waals surface area contributed by atoms with Crippen LogP contribution in [0.15, 0.2) is 73.2 Å². The van der Waals surface area contributed by atoms with E-state index in [-0.39, 0.29) is 11.8 Å². The zero-order chi connectivity index (χ0) is 21.0. The van der Waals surface area contributed by atoms with Gasteiger partial charge in [-0.15, -0.1) is 0 Å². The van der Waals surface area contributed by atoms with Crippen molar-refractivity contribution in [2.75, 3.05) is 20.1 Å². The molecule has 4 rings (SSSR count). The molecule has 0 bridgehead atoms. The van der Waals surface area contributed by atoms with Gasteiger partial charge in [0, 0.05) is 44.3 Å². The second-order valence-electron chi connectivity index (χ2n) is 7.63. The van der Waals surface area contributed by atoms with E-state index in [4.69, 9.17) is 0 Å². The first-order valence-corrected chi connectivity index (χ1v) is 10.0. The Morgan fingerprint density at radius 2 is 1.90 bits per heavy atom. The highest BCUT2D eigenvalue weighted by atomic mass is 16.2. The van der Waals surface area contributed by atoms with Gasteiger partial charge in [0.15, 0.2) is 0 Å². The zero-order valence-electron chi connectivity index (χ0n) is 16.9. The van der Waals surface area contributed by atoms with Gasteiger partial charge >= 0.3 is 0 Å². The summed E-state index contributed by atoms with van der Waals surface area (Å²) in [6, 6.07) is 17.3. The maximum atomic E-state index is 13.0. The molecule has 1 atom stereocenters. The normalized spacial score (nSPS) is 18.2. The molecule has 152 valence electrons. The third-order valence-electron chi connectivity index (χ3n) is 5.75. The first-order chi connectivity index (χ1) is 14.6. The van der Waals surface area contributed by atoms with Gasteiger partial charge in [-0.2, -0.15) is 0 Å². The molecule has 0 saturated carbocycles. The minimum absolute atomic E-state index is 0.0418. The van der Waals surface area contributed by atoms with E-state index in [0.717, 1.165) is 16.7 Å². The predicted octanol–water partition coefficient (Wildman–Crippen LogP) is 2.96. The minimum Gasteiger partial charge on any atom is -0.359 e. The van der Waals surface area contributed by atoms with Crippen molar-refractivity contribution < 1.29 is 9.59 Å². The lowest BCUT2D eigenvalue weighted by atomic mass is 9.78. The molecule has 30 heavy (non-hydrogen) atoms. The lowest BCUT2D eigenvalue weighted by molar-refractivity contribution is -0.129. The molecule has 0 spiro atoms. The highest BCUT2D eigenvalue weighted by molar-refractivity contribution is 5.94. The van der Waals surface area contributed by atoms with Gasteiger partial charge in [0.1, 0.15) is 5.69 Å². The average Bonchev–Trinajstić information content (AvgIpc) is 3.24. The molecule has 0 radical (unpaired) electrons. The van der Waals surface area contributed by atoms with E-state index in [2.05, 4.69) is 27.4 Å². The molecule has 1 saturated heterocycles. The number of pyridine rings is 2. The van der Waals surface area contributed by atoms with Gasteiger partial charge in [-0.05, 0) is 42.2 Å². The standard InChI is InChI=1S/C24H24N4O2/c1-25-23(30)24(11-14-28(17-24)22(29)21-10-4-5-13-27-21)15-18-7-2-3-9-20(18)19-8-6-12-26-16-19/h2-10,12-13,16H,11,14-15,17H2,1H3,(H,25,30)/t24-/m0/s1. The van der Waals surface area contributed by atoms with Crippen LogP contribution >= 0.6 is 0 Å². The monoisotopic (exact) mass is 400 g/mol. The topological polar surface area (TPSA) is 75.2 Å².